The Balaban J connectivity index is 1.71. The number of nitrogens with one attached hydrogen (secondary N) is 1. The fourth-order valence-electron chi connectivity index (χ4n) is 2.57. The molecule has 0 heterocycles. The summed E-state index contributed by atoms with van der Waals surface area (Å²) in [6, 6.07) is 18.2. The molecule has 0 saturated carbocycles. The van der Waals surface area contributed by atoms with E-state index >= 15 is 0 Å². The SMILES string of the molecule is CN(c1ccc(C(=O)N/N=C\c2c(F)cccc2Cl)cc1)S(=O)(=O)c1ccccc1. The molecule has 154 valence electrons. The Kier molecular flexibility index (Phi) is 6.49. The molecule has 0 aliphatic heterocycles. The summed E-state index contributed by atoms with van der Waals surface area (Å²) in [6.07, 6.45) is 1.12. The highest BCUT2D eigenvalue weighted by molar-refractivity contribution is 7.92. The highest BCUT2D eigenvalue weighted by Crippen LogP contribution is 2.22. The maximum Gasteiger partial charge on any atom is 0.271 e. The van der Waals surface area contributed by atoms with E-state index in [-0.39, 0.29) is 21.0 Å². The fourth-order valence-corrected chi connectivity index (χ4v) is 3.99. The summed E-state index contributed by atoms with van der Waals surface area (Å²) in [4.78, 5) is 12.4. The molecule has 0 aliphatic rings. The molecule has 9 heteroatoms. The molecule has 0 aromatic heterocycles. The zero-order chi connectivity index (χ0) is 21.7. The van der Waals surface area contributed by atoms with Gasteiger partial charge in [0.1, 0.15) is 5.82 Å². The van der Waals surface area contributed by atoms with Gasteiger partial charge < -0.3 is 0 Å². The summed E-state index contributed by atoms with van der Waals surface area (Å²) in [5, 5.41) is 3.89. The number of halogens is 2. The number of nitrogens with zero attached hydrogens (tertiary/aromatic N) is 2. The third kappa shape index (κ3) is 4.67. The van der Waals surface area contributed by atoms with Crippen molar-refractivity contribution in [1.82, 2.24) is 5.43 Å². The van der Waals surface area contributed by atoms with Gasteiger partial charge in [0.2, 0.25) is 0 Å². The van der Waals surface area contributed by atoms with Gasteiger partial charge in [-0.2, -0.15) is 5.10 Å². The Hall–Kier alpha value is -3.23. The van der Waals surface area contributed by atoms with Crippen LogP contribution in [0.15, 0.2) is 82.8 Å². The monoisotopic (exact) mass is 445 g/mol. The summed E-state index contributed by atoms with van der Waals surface area (Å²) in [7, 11) is -2.29. The van der Waals surface area contributed by atoms with Gasteiger partial charge in [-0.1, -0.05) is 35.9 Å². The van der Waals surface area contributed by atoms with E-state index in [0.29, 0.717) is 5.69 Å². The third-order valence-electron chi connectivity index (χ3n) is 4.25. The van der Waals surface area contributed by atoms with Gasteiger partial charge in [0, 0.05) is 18.2 Å². The molecule has 3 rings (SSSR count). The van der Waals surface area contributed by atoms with E-state index in [1.165, 1.54) is 61.6 Å². The molecule has 30 heavy (non-hydrogen) atoms. The maximum absolute atomic E-state index is 13.7. The second-order valence-corrected chi connectivity index (χ2v) is 8.54. The van der Waals surface area contributed by atoms with Crippen LogP contribution < -0.4 is 9.73 Å². The van der Waals surface area contributed by atoms with Crippen LogP contribution in [-0.4, -0.2) is 27.6 Å². The lowest BCUT2D eigenvalue weighted by Crippen LogP contribution is -2.26. The lowest BCUT2D eigenvalue weighted by Gasteiger charge is -2.19. The molecule has 0 aliphatic carbocycles. The van der Waals surface area contributed by atoms with Gasteiger partial charge in [0.15, 0.2) is 0 Å². The molecule has 0 atom stereocenters. The predicted molar refractivity (Wildman–Crippen MR) is 115 cm³/mol. The average molecular weight is 446 g/mol. The highest BCUT2D eigenvalue weighted by atomic mass is 35.5. The molecule has 3 aromatic rings. The van der Waals surface area contributed by atoms with Gasteiger partial charge in [0.25, 0.3) is 15.9 Å². The van der Waals surface area contributed by atoms with Crippen LogP contribution >= 0.6 is 11.6 Å². The Morgan fingerprint density at radius 2 is 1.70 bits per heavy atom. The minimum atomic E-state index is -3.72. The van der Waals surface area contributed by atoms with Gasteiger partial charge in [-0.3, -0.25) is 9.10 Å². The molecule has 0 bridgehead atoms. The van der Waals surface area contributed by atoms with E-state index in [9.17, 15) is 17.6 Å². The Morgan fingerprint density at radius 3 is 2.33 bits per heavy atom. The summed E-state index contributed by atoms with van der Waals surface area (Å²) in [6.45, 7) is 0. The number of rotatable bonds is 6. The first-order chi connectivity index (χ1) is 14.3. The molecule has 3 aromatic carbocycles. The smallest absolute Gasteiger partial charge is 0.269 e. The first kappa shape index (κ1) is 21.5. The number of amides is 1. The van der Waals surface area contributed by atoms with Crippen LogP contribution in [0.2, 0.25) is 5.02 Å². The third-order valence-corrected chi connectivity index (χ3v) is 6.38. The van der Waals surface area contributed by atoms with Gasteiger partial charge in [-0.15, -0.1) is 0 Å². The van der Waals surface area contributed by atoms with Crippen LogP contribution in [0.25, 0.3) is 0 Å². The molecule has 1 N–H and O–H groups in total. The molecule has 0 unspecified atom stereocenters. The van der Waals surface area contributed by atoms with Crippen LogP contribution in [0.3, 0.4) is 0 Å². The Morgan fingerprint density at radius 1 is 1.03 bits per heavy atom. The zero-order valence-electron chi connectivity index (χ0n) is 15.8. The largest absolute Gasteiger partial charge is 0.271 e. The first-order valence-electron chi connectivity index (χ1n) is 8.72. The lowest BCUT2D eigenvalue weighted by atomic mass is 10.2. The van der Waals surface area contributed by atoms with Crippen molar-refractivity contribution >= 4 is 39.4 Å². The second kappa shape index (κ2) is 9.06. The van der Waals surface area contributed by atoms with E-state index in [2.05, 4.69) is 10.5 Å². The van der Waals surface area contributed by atoms with Gasteiger partial charge in [0.05, 0.1) is 21.8 Å². The minimum absolute atomic E-state index is 0.0579. The summed E-state index contributed by atoms with van der Waals surface area (Å²) in [5.74, 6) is -1.11. The predicted octanol–water partition coefficient (Wildman–Crippen LogP) is 4.07. The van der Waals surface area contributed by atoms with E-state index in [1.54, 1.807) is 18.2 Å². The highest BCUT2D eigenvalue weighted by Gasteiger charge is 2.21. The van der Waals surface area contributed by atoms with Crippen molar-refractivity contribution in [2.45, 2.75) is 4.90 Å². The number of hydrazone groups is 1. The molecule has 6 nitrogen and oxygen atoms in total. The van der Waals surface area contributed by atoms with E-state index in [1.807, 2.05) is 0 Å². The number of benzene rings is 3. The Bertz CT molecular complexity index is 1160. The molecule has 0 fully saturated rings. The van der Waals surface area contributed by atoms with Gasteiger partial charge in [-0.25, -0.2) is 18.2 Å². The van der Waals surface area contributed by atoms with Crippen molar-refractivity contribution in [2.24, 2.45) is 5.10 Å². The molecule has 0 radical (unpaired) electrons. The molecular weight excluding hydrogens is 429 g/mol. The first-order valence-corrected chi connectivity index (χ1v) is 10.5. The second-order valence-electron chi connectivity index (χ2n) is 6.17. The van der Waals surface area contributed by atoms with Crippen LogP contribution in [0.5, 0.6) is 0 Å². The minimum Gasteiger partial charge on any atom is -0.269 e. The standard InChI is InChI=1S/C21H17ClFN3O3S/c1-26(30(28,29)17-6-3-2-4-7-17)16-12-10-15(11-13-16)21(27)25-24-14-18-19(22)8-5-9-20(18)23/h2-14H,1H3,(H,25,27)/b24-14-. The van der Waals surface area contributed by atoms with E-state index < -0.39 is 21.7 Å². The van der Waals surface area contributed by atoms with Crippen molar-refractivity contribution in [3.05, 3.63) is 94.8 Å². The summed E-state index contributed by atoms with van der Waals surface area (Å²) >= 11 is 5.89. The molecule has 0 saturated heterocycles. The van der Waals surface area contributed by atoms with Crippen LogP contribution in [0.4, 0.5) is 10.1 Å². The number of carbonyl (C=O) groups excluding carboxylic acids is 1. The topological polar surface area (TPSA) is 78.8 Å². The van der Waals surface area contributed by atoms with Crippen molar-refractivity contribution in [1.29, 1.82) is 0 Å². The average Bonchev–Trinajstić information content (AvgIpc) is 2.76. The van der Waals surface area contributed by atoms with Crippen molar-refractivity contribution < 1.29 is 17.6 Å². The van der Waals surface area contributed by atoms with E-state index in [4.69, 9.17) is 11.6 Å². The van der Waals surface area contributed by atoms with Crippen molar-refractivity contribution in [3.8, 4) is 0 Å². The fraction of sp³-hybridized carbons (Fsp3) is 0.0476. The number of hydrogen-bond donors (Lipinski definition) is 1. The number of hydrogen-bond acceptors (Lipinski definition) is 4. The maximum atomic E-state index is 13.7. The lowest BCUT2D eigenvalue weighted by molar-refractivity contribution is 0.0955. The number of anilines is 1. The normalized spacial score (nSPS) is 11.4. The summed E-state index contributed by atoms with van der Waals surface area (Å²) in [5.41, 5.74) is 2.98. The quantitative estimate of drug-likeness (QED) is 0.459. The molecular formula is C21H17ClFN3O3S. The zero-order valence-corrected chi connectivity index (χ0v) is 17.4. The molecule has 1 amide bonds. The van der Waals surface area contributed by atoms with Crippen molar-refractivity contribution in [3.63, 3.8) is 0 Å². The summed E-state index contributed by atoms with van der Waals surface area (Å²) < 4.78 is 40.2. The van der Waals surface area contributed by atoms with Crippen molar-refractivity contribution in [2.75, 3.05) is 11.4 Å². The molecule has 0 spiro atoms. The number of sulfonamides is 1. The Labute approximate surface area is 178 Å². The van der Waals surface area contributed by atoms with Gasteiger partial charge >= 0.3 is 0 Å². The number of carbonyl (C=O) groups is 1. The van der Waals surface area contributed by atoms with E-state index in [0.717, 1.165) is 10.5 Å². The van der Waals surface area contributed by atoms with Gasteiger partial charge in [-0.05, 0) is 48.5 Å². The van der Waals surface area contributed by atoms with Crippen LogP contribution in [-0.2, 0) is 10.0 Å². The van der Waals surface area contributed by atoms with Crippen LogP contribution in [0.1, 0.15) is 15.9 Å². The van der Waals surface area contributed by atoms with Crippen LogP contribution in [0, 0.1) is 5.82 Å².